The van der Waals surface area contributed by atoms with E-state index in [4.69, 9.17) is 4.42 Å². The second-order valence-electron chi connectivity index (χ2n) is 6.29. The lowest BCUT2D eigenvalue weighted by atomic mass is 9.92. The summed E-state index contributed by atoms with van der Waals surface area (Å²) in [6.45, 7) is 10.2. The third-order valence-corrected chi connectivity index (χ3v) is 4.09. The van der Waals surface area contributed by atoms with Crippen LogP contribution in [0.1, 0.15) is 60.6 Å². The molecule has 3 heteroatoms. The van der Waals surface area contributed by atoms with Crippen LogP contribution in [0.25, 0.3) is 0 Å². The SMILES string of the molecule is Cc1oc(C)c(C(=O)NC2CCC(C)(C)C2)c1C. The quantitative estimate of drug-likeness (QED) is 0.871. The summed E-state index contributed by atoms with van der Waals surface area (Å²) in [5.74, 6) is 1.58. The number of hydrogen-bond donors (Lipinski definition) is 1. The zero-order chi connectivity index (χ0) is 13.5. The highest BCUT2D eigenvalue weighted by molar-refractivity contribution is 5.97. The van der Waals surface area contributed by atoms with E-state index in [-0.39, 0.29) is 5.91 Å². The van der Waals surface area contributed by atoms with E-state index >= 15 is 0 Å². The van der Waals surface area contributed by atoms with Gasteiger partial charge in [0.2, 0.25) is 0 Å². The van der Waals surface area contributed by atoms with Crippen LogP contribution in [-0.2, 0) is 0 Å². The Balaban J connectivity index is 2.09. The van der Waals surface area contributed by atoms with E-state index in [0.29, 0.717) is 11.5 Å². The van der Waals surface area contributed by atoms with Gasteiger partial charge in [-0.25, -0.2) is 0 Å². The average Bonchev–Trinajstić information content (AvgIpc) is 2.68. The van der Waals surface area contributed by atoms with Crippen LogP contribution in [0.4, 0.5) is 0 Å². The van der Waals surface area contributed by atoms with Crippen LogP contribution >= 0.6 is 0 Å². The number of carbonyl (C=O) groups excluding carboxylic acids is 1. The van der Waals surface area contributed by atoms with Gasteiger partial charge in [-0.2, -0.15) is 0 Å². The highest BCUT2D eigenvalue weighted by Gasteiger charge is 2.32. The molecule has 1 amide bonds. The number of rotatable bonds is 2. The number of aryl methyl sites for hydroxylation is 2. The second-order valence-corrected chi connectivity index (χ2v) is 6.29. The normalized spacial score (nSPS) is 22.2. The molecule has 0 aliphatic heterocycles. The van der Waals surface area contributed by atoms with Gasteiger partial charge < -0.3 is 9.73 Å². The molecule has 1 aromatic rings. The molecule has 1 heterocycles. The molecule has 1 unspecified atom stereocenters. The van der Waals surface area contributed by atoms with E-state index in [1.54, 1.807) is 0 Å². The van der Waals surface area contributed by atoms with Gasteiger partial charge in [0.05, 0.1) is 5.56 Å². The van der Waals surface area contributed by atoms with Crippen molar-refractivity contribution < 1.29 is 9.21 Å². The molecular formula is C15H23NO2. The predicted octanol–water partition coefficient (Wildman–Crippen LogP) is 3.51. The Kier molecular flexibility index (Phi) is 3.26. The van der Waals surface area contributed by atoms with Crippen LogP contribution in [-0.4, -0.2) is 11.9 Å². The van der Waals surface area contributed by atoms with Crippen molar-refractivity contribution in [2.75, 3.05) is 0 Å². The van der Waals surface area contributed by atoms with Gasteiger partial charge in [-0.05, 0) is 45.4 Å². The van der Waals surface area contributed by atoms with Crippen molar-refractivity contribution in [3.63, 3.8) is 0 Å². The van der Waals surface area contributed by atoms with Crippen LogP contribution in [0.2, 0.25) is 0 Å². The summed E-state index contributed by atoms with van der Waals surface area (Å²) >= 11 is 0. The van der Waals surface area contributed by atoms with Gasteiger partial charge in [0.15, 0.2) is 0 Å². The number of nitrogens with one attached hydrogen (secondary N) is 1. The van der Waals surface area contributed by atoms with Crippen molar-refractivity contribution in [3.8, 4) is 0 Å². The zero-order valence-electron chi connectivity index (χ0n) is 12.0. The molecule has 1 saturated carbocycles. The average molecular weight is 249 g/mol. The van der Waals surface area contributed by atoms with Gasteiger partial charge in [-0.3, -0.25) is 4.79 Å². The van der Waals surface area contributed by atoms with Crippen molar-refractivity contribution in [2.24, 2.45) is 5.41 Å². The first kappa shape index (κ1) is 13.2. The van der Waals surface area contributed by atoms with Crippen LogP contribution in [0.3, 0.4) is 0 Å². The fourth-order valence-electron chi connectivity index (χ4n) is 2.94. The Morgan fingerprint density at radius 1 is 1.28 bits per heavy atom. The molecule has 0 bridgehead atoms. The molecule has 1 atom stereocenters. The number of amides is 1. The van der Waals surface area contributed by atoms with Crippen LogP contribution in [0.5, 0.6) is 0 Å². The summed E-state index contributed by atoms with van der Waals surface area (Å²) in [6.07, 6.45) is 3.32. The monoisotopic (exact) mass is 249 g/mol. The van der Waals surface area contributed by atoms with E-state index in [0.717, 1.165) is 35.5 Å². The molecule has 0 saturated heterocycles. The minimum absolute atomic E-state index is 0.0181. The van der Waals surface area contributed by atoms with E-state index in [9.17, 15) is 4.79 Å². The van der Waals surface area contributed by atoms with Crippen LogP contribution < -0.4 is 5.32 Å². The van der Waals surface area contributed by atoms with Crippen molar-refractivity contribution in [2.45, 2.75) is 59.9 Å². The number of hydrogen-bond acceptors (Lipinski definition) is 2. The van der Waals surface area contributed by atoms with Crippen molar-refractivity contribution in [1.82, 2.24) is 5.32 Å². The summed E-state index contributed by atoms with van der Waals surface area (Å²) in [7, 11) is 0. The Bertz CT molecular complexity index is 471. The summed E-state index contributed by atoms with van der Waals surface area (Å²) in [6, 6.07) is 0.307. The molecule has 0 aromatic carbocycles. The smallest absolute Gasteiger partial charge is 0.255 e. The Morgan fingerprint density at radius 2 is 1.94 bits per heavy atom. The maximum atomic E-state index is 12.3. The number of carbonyl (C=O) groups is 1. The molecule has 2 rings (SSSR count). The van der Waals surface area contributed by atoms with E-state index in [2.05, 4.69) is 19.2 Å². The fraction of sp³-hybridized carbons (Fsp3) is 0.667. The van der Waals surface area contributed by atoms with Crippen molar-refractivity contribution in [1.29, 1.82) is 0 Å². The first-order chi connectivity index (χ1) is 8.30. The lowest BCUT2D eigenvalue weighted by molar-refractivity contribution is 0.0934. The first-order valence-corrected chi connectivity index (χ1v) is 6.67. The lowest BCUT2D eigenvalue weighted by Crippen LogP contribution is -2.34. The second kappa shape index (κ2) is 4.45. The van der Waals surface area contributed by atoms with Crippen LogP contribution in [0.15, 0.2) is 4.42 Å². The Labute approximate surface area is 109 Å². The molecule has 100 valence electrons. The largest absolute Gasteiger partial charge is 0.466 e. The molecular weight excluding hydrogens is 226 g/mol. The molecule has 18 heavy (non-hydrogen) atoms. The minimum atomic E-state index is 0.0181. The number of furan rings is 1. The van der Waals surface area contributed by atoms with Crippen molar-refractivity contribution >= 4 is 5.91 Å². The van der Waals surface area contributed by atoms with Gasteiger partial charge in [0.25, 0.3) is 5.91 Å². The minimum Gasteiger partial charge on any atom is -0.466 e. The molecule has 1 aromatic heterocycles. The van der Waals surface area contributed by atoms with Crippen LogP contribution in [0, 0.1) is 26.2 Å². The highest BCUT2D eigenvalue weighted by Crippen LogP contribution is 2.37. The third kappa shape index (κ3) is 2.45. The maximum absolute atomic E-state index is 12.3. The molecule has 0 spiro atoms. The van der Waals surface area contributed by atoms with Gasteiger partial charge in [0, 0.05) is 11.6 Å². The Hall–Kier alpha value is -1.25. The standard InChI is InChI=1S/C15H23NO2/c1-9-10(2)18-11(3)13(9)14(17)16-12-6-7-15(4,5)8-12/h12H,6-8H2,1-5H3,(H,16,17). The zero-order valence-corrected chi connectivity index (χ0v) is 12.0. The summed E-state index contributed by atoms with van der Waals surface area (Å²) in [5, 5.41) is 3.15. The highest BCUT2D eigenvalue weighted by atomic mass is 16.3. The molecule has 0 radical (unpaired) electrons. The molecule has 1 aliphatic carbocycles. The third-order valence-electron chi connectivity index (χ3n) is 4.09. The van der Waals surface area contributed by atoms with Gasteiger partial charge in [0.1, 0.15) is 11.5 Å². The summed E-state index contributed by atoms with van der Waals surface area (Å²) in [4.78, 5) is 12.3. The fourth-order valence-corrected chi connectivity index (χ4v) is 2.94. The molecule has 1 fully saturated rings. The maximum Gasteiger partial charge on any atom is 0.255 e. The lowest BCUT2D eigenvalue weighted by Gasteiger charge is -2.17. The van der Waals surface area contributed by atoms with Gasteiger partial charge in [-0.1, -0.05) is 13.8 Å². The molecule has 1 N–H and O–H groups in total. The summed E-state index contributed by atoms with van der Waals surface area (Å²) in [5.41, 5.74) is 2.04. The first-order valence-electron chi connectivity index (χ1n) is 6.67. The van der Waals surface area contributed by atoms with E-state index < -0.39 is 0 Å². The Morgan fingerprint density at radius 3 is 2.39 bits per heavy atom. The van der Waals surface area contributed by atoms with Gasteiger partial charge in [-0.15, -0.1) is 0 Å². The van der Waals surface area contributed by atoms with E-state index in [1.165, 1.54) is 6.42 Å². The van der Waals surface area contributed by atoms with Gasteiger partial charge >= 0.3 is 0 Å². The van der Waals surface area contributed by atoms with Crippen molar-refractivity contribution in [3.05, 3.63) is 22.6 Å². The summed E-state index contributed by atoms with van der Waals surface area (Å²) < 4.78 is 5.51. The van der Waals surface area contributed by atoms with E-state index in [1.807, 2.05) is 20.8 Å². The molecule has 3 nitrogen and oxygen atoms in total. The topological polar surface area (TPSA) is 42.2 Å². The molecule has 1 aliphatic rings. The predicted molar refractivity (Wildman–Crippen MR) is 71.8 cm³/mol.